The minimum Gasteiger partial charge on any atom is -0.395 e. The summed E-state index contributed by atoms with van der Waals surface area (Å²) in [6.07, 6.45) is 0. The maximum absolute atomic E-state index is 11.9. The van der Waals surface area contributed by atoms with Crippen LogP contribution < -0.4 is 0 Å². The van der Waals surface area contributed by atoms with Crippen molar-refractivity contribution in [2.24, 2.45) is 0 Å². The Morgan fingerprint density at radius 1 is 1.41 bits per heavy atom. The van der Waals surface area contributed by atoms with Gasteiger partial charge in [0.1, 0.15) is 6.61 Å². The zero-order valence-corrected chi connectivity index (χ0v) is 9.68. The largest absolute Gasteiger partial charge is 0.395 e. The Morgan fingerprint density at radius 3 is 2.82 bits per heavy atom. The van der Waals surface area contributed by atoms with Gasteiger partial charge in [-0.3, -0.25) is 4.79 Å². The van der Waals surface area contributed by atoms with Gasteiger partial charge in [-0.25, -0.2) is 0 Å². The fourth-order valence-corrected chi connectivity index (χ4v) is 1.34. The number of amides is 1. The van der Waals surface area contributed by atoms with Crippen LogP contribution in [0.25, 0.3) is 0 Å². The number of aliphatic hydroxyl groups excluding tert-OH is 2. The number of nitrogens with zero attached hydrogens (tertiary/aromatic N) is 1. The first-order valence-electron chi connectivity index (χ1n) is 5.25. The Kier molecular flexibility index (Phi) is 5.21. The Balaban J connectivity index is 2.87. The second-order valence-electron chi connectivity index (χ2n) is 3.49. The average molecular weight is 233 g/mol. The summed E-state index contributed by atoms with van der Waals surface area (Å²) in [7, 11) is 1.63. The molecule has 0 spiro atoms. The van der Waals surface area contributed by atoms with Crippen LogP contribution in [0.5, 0.6) is 0 Å². The van der Waals surface area contributed by atoms with Crippen molar-refractivity contribution in [3.8, 4) is 11.8 Å². The third-order valence-corrected chi connectivity index (χ3v) is 2.20. The lowest BCUT2D eigenvalue weighted by Crippen LogP contribution is -2.29. The van der Waals surface area contributed by atoms with Gasteiger partial charge >= 0.3 is 0 Å². The van der Waals surface area contributed by atoms with Crippen LogP contribution >= 0.6 is 0 Å². The predicted octanol–water partition coefficient (Wildman–Crippen LogP) is 0.0947. The molecule has 0 bridgehead atoms. The highest BCUT2D eigenvalue weighted by Crippen LogP contribution is 2.06. The van der Waals surface area contributed by atoms with Crippen molar-refractivity contribution in [1.29, 1.82) is 0 Å². The number of likely N-dealkylation sites (N-methyl/N-ethyl adjacent to an activating group) is 1. The maximum Gasteiger partial charge on any atom is 0.253 e. The number of carbonyl (C=O) groups excluding carboxylic acids is 1. The van der Waals surface area contributed by atoms with Crippen LogP contribution in [-0.4, -0.2) is 47.8 Å². The first-order valence-corrected chi connectivity index (χ1v) is 5.25. The van der Waals surface area contributed by atoms with Crippen molar-refractivity contribution >= 4 is 5.91 Å². The molecule has 0 radical (unpaired) electrons. The highest BCUT2D eigenvalue weighted by atomic mass is 16.3. The second kappa shape index (κ2) is 6.69. The van der Waals surface area contributed by atoms with Crippen LogP contribution in [0.3, 0.4) is 0 Å². The summed E-state index contributed by atoms with van der Waals surface area (Å²) < 4.78 is 0. The molecular weight excluding hydrogens is 218 g/mol. The monoisotopic (exact) mass is 233 g/mol. The van der Waals surface area contributed by atoms with Gasteiger partial charge in [0.15, 0.2) is 0 Å². The summed E-state index contributed by atoms with van der Waals surface area (Å²) >= 11 is 0. The molecule has 90 valence electrons. The van der Waals surface area contributed by atoms with E-state index in [9.17, 15) is 4.79 Å². The van der Waals surface area contributed by atoms with Gasteiger partial charge in [0.05, 0.1) is 6.61 Å². The number of aliphatic hydroxyl groups is 2. The molecule has 1 amide bonds. The van der Waals surface area contributed by atoms with Crippen molar-refractivity contribution in [3.05, 3.63) is 35.4 Å². The van der Waals surface area contributed by atoms with Gasteiger partial charge in [-0.2, -0.15) is 0 Å². The van der Waals surface area contributed by atoms with Gasteiger partial charge in [-0.05, 0) is 18.2 Å². The molecule has 0 fully saturated rings. The molecule has 2 N–H and O–H groups in total. The normalized spacial score (nSPS) is 9.35. The van der Waals surface area contributed by atoms with Crippen molar-refractivity contribution < 1.29 is 15.0 Å². The zero-order chi connectivity index (χ0) is 12.7. The van der Waals surface area contributed by atoms with Crippen molar-refractivity contribution in [2.45, 2.75) is 0 Å². The van der Waals surface area contributed by atoms with Gasteiger partial charge in [0.2, 0.25) is 0 Å². The highest BCUT2D eigenvalue weighted by Gasteiger charge is 2.10. The van der Waals surface area contributed by atoms with E-state index in [1.54, 1.807) is 31.3 Å². The van der Waals surface area contributed by atoms with Gasteiger partial charge in [0.25, 0.3) is 5.91 Å². The Labute approximate surface area is 100 Å². The van der Waals surface area contributed by atoms with Crippen LogP contribution in [0, 0.1) is 11.8 Å². The summed E-state index contributed by atoms with van der Waals surface area (Å²) in [5.74, 6) is 5.11. The molecule has 0 heterocycles. The summed E-state index contributed by atoms with van der Waals surface area (Å²) in [6, 6.07) is 6.87. The number of rotatable bonds is 3. The van der Waals surface area contributed by atoms with Crippen LogP contribution in [-0.2, 0) is 0 Å². The first kappa shape index (κ1) is 13.2. The van der Waals surface area contributed by atoms with E-state index < -0.39 is 0 Å². The summed E-state index contributed by atoms with van der Waals surface area (Å²) in [6.45, 7) is 0.0280. The molecule has 1 aromatic carbocycles. The molecule has 0 aliphatic rings. The van der Waals surface area contributed by atoms with Crippen LogP contribution in [0.4, 0.5) is 0 Å². The molecule has 4 nitrogen and oxygen atoms in total. The van der Waals surface area contributed by atoms with Gasteiger partial charge in [-0.15, -0.1) is 0 Å². The summed E-state index contributed by atoms with van der Waals surface area (Å²) in [4.78, 5) is 13.3. The average Bonchev–Trinajstić information content (AvgIpc) is 2.36. The Morgan fingerprint density at radius 2 is 2.18 bits per heavy atom. The molecule has 0 saturated heterocycles. The SMILES string of the molecule is CN(CCO)C(=O)c1cccc(C#CCO)c1. The van der Waals surface area contributed by atoms with E-state index in [2.05, 4.69) is 11.8 Å². The zero-order valence-electron chi connectivity index (χ0n) is 9.68. The lowest BCUT2D eigenvalue weighted by Gasteiger charge is -2.15. The van der Waals surface area contributed by atoms with E-state index in [4.69, 9.17) is 10.2 Å². The van der Waals surface area contributed by atoms with Gasteiger partial charge in [0, 0.05) is 24.7 Å². The summed E-state index contributed by atoms with van der Waals surface area (Å²) in [5.41, 5.74) is 1.20. The van der Waals surface area contributed by atoms with Gasteiger partial charge in [-0.1, -0.05) is 17.9 Å². The third-order valence-electron chi connectivity index (χ3n) is 2.20. The van der Waals surface area contributed by atoms with Crippen LogP contribution in [0.1, 0.15) is 15.9 Å². The van der Waals surface area contributed by atoms with E-state index in [1.807, 2.05) is 0 Å². The van der Waals surface area contributed by atoms with Crippen LogP contribution in [0.15, 0.2) is 24.3 Å². The summed E-state index contributed by atoms with van der Waals surface area (Å²) in [5, 5.41) is 17.3. The molecule has 0 aliphatic carbocycles. The standard InChI is InChI=1S/C13H15NO3/c1-14(7-9-16)13(17)12-6-2-4-11(10-12)5-3-8-15/h2,4,6,10,15-16H,7-9H2,1H3. The van der Waals surface area contributed by atoms with Crippen LogP contribution in [0.2, 0.25) is 0 Å². The molecular formula is C13H15NO3. The first-order chi connectivity index (χ1) is 8.19. The molecule has 0 atom stereocenters. The molecule has 4 heteroatoms. The Hall–Kier alpha value is -1.83. The van der Waals surface area contributed by atoms with E-state index in [1.165, 1.54) is 4.90 Å². The fourth-order valence-electron chi connectivity index (χ4n) is 1.34. The van der Waals surface area contributed by atoms with Gasteiger partial charge < -0.3 is 15.1 Å². The highest BCUT2D eigenvalue weighted by molar-refractivity contribution is 5.94. The quantitative estimate of drug-likeness (QED) is 0.728. The van der Waals surface area contributed by atoms with E-state index in [0.717, 1.165) is 0 Å². The number of benzene rings is 1. The van der Waals surface area contributed by atoms with Crippen molar-refractivity contribution in [3.63, 3.8) is 0 Å². The number of carbonyl (C=O) groups is 1. The molecule has 17 heavy (non-hydrogen) atoms. The lowest BCUT2D eigenvalue weighted by molar-refractivity contribution is 0.0767. The number of hydrogen-bond donors (Lipinski definition) is 2. The maximum atomic E-state index is 11.9. The third kappa shape index (κ3) is 3.91. The molecule has 1 aromatic rings. The molecule has 0 unspecified atom stereocenters. The van der Waals surface area contributed by atoms with Crippen molar-refractivity contribution in [1.82, 2.24) is 4.90 Å². The Bertz CT molecular complexity index is 445. The molecule has 0 aromatic heterocycles. The predicted molar refractivity (Wildman–Crippen MR) is 64.5 cm³/mol. The van der Waals surface area contributed by atoms with E-state index in [0.29, 0.717) is 17.7 Å². The molecule has 1 rings (SSSR count). The number of hydrogen-bond acceptors (Lipinski definition) is 3. The lowest BCUT2D eigenvalue weighted by atomic mass is 10.1. The fraction of sp³-hybridized carbons (Fsp3) is 0.308. The smallest absolute Gasteiger partial charge is 0.253 e. The minimum atomic E-state index is -0.206. The second-order valence-corrected chi connectivity index (χ2v) is 3.49. The molecule has 0 saturated carbocycles. The van der Waals surface area contributed by atoms with E-state index >= 15 is 0 Å². The topological polar surface area (TPSA) is 60.8 Å². The minimum absolute atomic E-state index is 0.0632. The van der Waals surface area contributed by atoms with Crippen molar-refractivity contribution in [2.75, 3.05) is 26.8 Å². The van der Waals surface area contributed by atoms with E-state index in [-0.39, 0.29) is 19.1 Å². The molecule has 0 aliphatic heterocycles.